The summed E-state index contributed by atoms with van der Waals surface area (Å²) in [5, 5.41) is 21.7. The minimum atomic E-state index is -0.920. The van der Waals surface area contributed by atoms with Crippen LogP contribution < -0.4 is 0 Å². The minimum Gasteiger partial charge on any atom is -0.378 e. The van der Waals surface area contributed by atoms with Crippen molar-refractivity contribution in [2.24, 2.45) is 34.5 Å². The Kier molecular flexibility index (Phi) is 3.69. The molecule has 0 amide bonds. The van der Waals surface area contributed by atoms with Gasteiger partial charge in [-0.1, -0.05) is 25.7 Å². The van der Waals surface area contributed by atoms with Crippen LogP contribution in [0.5, 0.6) is 0 Å². The zero-order valence-electron chi connectivity index (χ0n) is 15.7. The van der Waals surface area contributed by atoms with Gasteiger partial charge in [-0.25, -0.2) is 0 Å². The van der Waals surface area contributed by atoms with Gasteiger partial charge in [-0.15, -0.1) is 12.8 Å². The van der Waals surface area contributed by atoms with Crippen LogP contribution in [0.1, 0.15) is 71.6 Å². The zero-order chi connectivity index (χ0) is 18.1. The van der Waals surface area contributed by atoms with Gasteiger partial charge in [-0.05, 0) is 86.9 Å². The SMILES string of the molecule is C#C[C@]1(O)CC[C@]2(C)[C@@H](CC[C@H]3[C@H]4CC[C@](O)(C#C)[C@]4(C)CC[C@@H]32)C1. The van der Waals surface area contributed by atoms with E-state index in [1.807, 2.05) is 0 Å². The van der Waals surface area contributed by atoms with Gasteiger partial charge in [0.1, 0.15) is 11.2 Å². The van der Waals surface area contributed by atoms with Crippen LogP contribution in [0, 0.1) is 59.2 Å². The fourth-order valence-corrected chi connectivity index (χ4v) is 7.63. The summed E-state index contributed by atoms with van der Waals surface area (Å²) in [4.78, 5) is 0. The Labute approximate surface area is 152 Å². The Morgan fingerprint density at radius 3 is 2.24 bits per heavy atom. The highest BCUT2D eigenvalue weighted by molar-refractivity contribution is 5.24. The molecular formula is C23H32O2. The van der Waals surface area contributed by atoms with E-state index in [1.54, 1.807) is 0 Å². The Hall–Kier alpha value is -0.960. The molecule has 4 rings (SSSR count). The molecule has 0 saturated heterocycles. The molecule has 2 heteroatoms. The van der Waals surface area contributed by atoms with Crippen molar-refractivity contribution in [3.05, 3.63) is 0 Å². The Bertz CT molecular complexity index is 656. The molecule has 4 aliphatic rings. The lowest BCUT2D eigenvalue weighted by atomic mass is 9.43. The average molecular weight is 341 g/mol. The molecule has 136 valence electrons. The van der Waals surface area contributed by atoms with Crippen LogP contribution in [-0.2, 0) is 0 Å². The topological polar surface area (TPSA) is 40.5 Å². The van der Waals surface area contributed by atoms with Crippen molar-refractivity contribution in [2.75, 3.05) is 0 Å². The van der Waals surface area contributed by atoms with E-state index in [4.69, 9.17) is 12.8 Å². The van der Waals surface area contributed by atoms with Gasteiger partial charge in [0.2, 0.25) is 0 Å². The summed E-state index contributed by atoms with van der Waals surface area (Å²) >= 11 is 0. The van der Waals surface area contributed by atoms with E-state index in [0.29, 0.717) is 23.7 Å². The van der Waals surface area contributed by atoms with Crippen LogP contribution in [0.2, 0.25) is 0 Å². The zero-order valence-corrected chi connectivity index (χ0v) is 15.7. The van der Waals surface area contributed by atoms with Crippen molar-refractivity contribution in [3.63, 3.8) is 0 Å². The standard InChI is InChI=1S/C23H32O2/c1-5-22(24)14-13-20(3)16(15-22)7-8-17-18(20)9-11-21(4)19(17)10-12-23(21,25)6-2/h1-2,16-19,24-25H,7-15H2,3-4H3/t16-,17+,18-,19+,20+,21+,22-,23+/m0/s1. The van der Waals surface area contributed by atoms with Crippen molar-refractivity contribution < 1.29 is 10.2 Å². The largest absolute Gasteiger partial charge is 0.378 e. The molecule has 0 radical (unpaired) electrons. The number of terminal acetylenes is 2. The summed E-state index contributed by atoms with van der Waals surface area (Å²) in [6.45, 7) is 4.70. The van der Waals surface area contributed by atoms with Gasteiger partial charge in [0, 0.05) is 5.41 Å². The maximum atomic E-state index is 11.1. The molecule has 25 heavy (non-hydrogen) atoms. The second-order valence-electron chi connectivity index (χ2n) is 10.0. The lowest BCUT2D eigenvalue weighted by Crippen LogP contribution is -2.57. The second-order valence-corrected chi connectivity index (χ2v) is 10.0. The fraction of sp³-hybridized carbons (Fsp3) is 0.826. The van der Waals surface area contributed by atoms with Gasteiger partial charge in [0.15, 0.2) is 0 Å². The second kappa shape index (κ2) is 5.28. The first-order valence-electron chi connectivity index (χ1n) is 10.1. The molecule has 0 aromatic heterocycles. The summed E-state index contributed by atoms with van der Waals surface area (Å²) in [5.41, 5.74) is -1.65. The molecule has 0 aliphatic heterocycles. The van der Waals surface area contributed by atoms with Crippen LogP contribution in [0.25, 0.3) is 0 Å². The first-order valence-corrected chi connectivity index (χ1v) is 10.1. The molecular weight excluding hydrogens is 308 g/mol. The maximum absolute atomic E-state index is 11.1. The number of aliphatic hydroxyl groups is 2. The molecule has 4 saturated carbocycles. The molecule has 0 aromatic rings. The number of rotatable bonds is 0. The van der Waals surface area contributed by atoms with Crippen LogP contribution in [-0.4, -0.2) is 21.4 Å². The summed E-state index contributed by atoms with van der Waals surface area (Å²) in [7, 11) is 0. The summed E-state index contributed by atoms with van der Waals surface area (Å²) in [6, 6.07) is 0. The van der Waals surface area contributed by atoms with Crippen molar-refractivity contribution in [1.29, 1.82) is 0 Å². The smallest absolute Gasteiger partial charge is 0.130 e. The molecule has 2 nitrogen and oxygen atoms in total. The van der Waals surface area contributed by atoms with Crippen molar-refractivity contribution >= 4 is 0 Å². The Balaban J connectivity index is 1.63. The minimum absolute atomic E-state index is 0.125. The van der Waals surface area contributed by atoms with E-state index < -0.39 is 11.2 Å². The van der Waals surface area contributed by atoms with E-state index in [1.165, 1.54) is 6.42 Å². The van der Waals surface area contributed by atoms with Crippen LogP contribution in [0.15, 0.2) is 0 Å². The van der Waals surface area contributed by atoms with Crippen molar-refractivity contribution in [1.82, 2.24) is 0 Å². The Morgan fingerprint density at radius 1 is 0.840 bits per heavy atom. The molecule has 4 aliphatic carbocycles. The predicted molar refractivity (Wildman–Crippen MR) is 99.3 cm³/mol. The molecule has 2 N–H and O–H groups in total. The molecule has 4 fully saturated rings. The van der Waals surface area contributed by atoms with E-state index >= 15 is 0 Å². The normalized spacial score (nSPS) is 57.5. The number of fused-ring (bicyclic) bond motifs is 5. The van der Waals surface area contributed by atoms with Gasteiger partial charge >= 0.3 is 0 Å². The third kappa shape index (κ3) is 2.14. The van der Waals surface area contributed by atoms with Crippen molar-refractivity contribution in [3.8, 4) is 24.7 Å². The monoisotopic (exact) mass is 340 g/mol. The lowest BCUT2D eigenvalue weighted by Gasteiger charge is -2.62. The molecule has 8 atom stereocenters. The molecule has 0 bridgehead atoms. The lowest BCUT2D eigenvalue weighted by molar-refractivity contribution is -0.152. The first-order chi connectivity index (χ1) is 11.7. The molecule has 0 unspecified atom stereocenters. The average Bonchev–Trinajstić information content (AvgIpc) is 2.88. The van der Waals surface area contributed by atoms with Gasteiger partial charge in [0.25, 0.3) is 0 Å². The van der Waals surface area contributed by atoms with Gasteiger partial charge in [-0.3, -0.25) is 0 Å². The van der Waals surface area contributed by atoms with Crippen LogP contribution in [0.4, 0.5) is 0 Å². The Morgan fingerprint density at radius 2 is 1.56 bits per heavy atom. The first kappa shape index (κ1) is 17.5. The van der Waals surface area contributed by atoms with E-state index in [-0.39, 0.29) is 10.8 Å². The quantitative estimate of drug-likeness (QED) is 0.659. The third-order valence-electron chi connectivity index (χ3n) is 9.39. The highest BCUT2D eigenvalue weighted by Gasteiger charge is 2.64. The molecule has 0 aromatic carbocycles. The number of hydrogen-bond acceptors (Lipinski definition) is 2. The van der Waals surface area contributed by atoms with Gasteiger partial charge in [-0.2, -0.15) is 0 Å². The maximum Gasteiger partial charge on any atom is 0.130 e. The third-order valence-corrected chi connectivity index (χ3v) is 9.39. The van der Waals surface area contributed by atoms with E-state index in [2.05, 4.69) is 25.7 Å². The summed E-state index contributed by atoms with van der Waals surface area (Å²) in [6.07, 6.45) is 20.3. The highest BCUT2D eigenvalue weighted by atomic mass is 16.3. The number of hydrogen-bond donors (Lipinski definition) is 2. The predicted octanol–water partition coefficient (Wildman–Crippen LogP) is 3.76. The van der Waals surface area contributed by atoms with Gasteiger partial charge in [0.05, 0.1) is 0 Å². The summed E-state index contributed by atoms with van der Waals surface area (Å²) < 4.78 is 0. The van der Waals surface area contributed by atoms with Crippen molar-refractivity contribution in [2.45, 2.75) is 82.8 Å². The van der Waals surface area contributed by atoms with E-state index in [0.717, 1.165) is 51.4 Å². The van der Waals surface area contributed by atoms with Gasteiger partial charge < -0.3 is 10.2 Å². The van der Waals surface area contributed by atoms with E-state index in [9.17, 15) is 10.2 Å². The van der Waals surface area contributed by atoms with Crippen LogP contribution in [0.3, 0.4) is 0 Å². The molecule has 0 heterocycles. The van der Waals surface area contributed by atoms with Crippen LogP contribution >= 0.6 is 0 Å². The molecule has 0 spiro atoms. The fourth-order valence-electron chi connectivity index (χ4n) is 7.63. The highest BCUT2D eigenvalue weighted by Crippen LogP contribution is 2.68. The summed E-state index contributed by atoms with van der Waals surface area (Å²) in [5.74, 6) is 7.85.